The van der Waals surface area contributed by atoms with Crippen LogP contribution < -0.4 is 5.56 Å². The van der Waals surface area contributed by atoms with Crippen LogP contribution in [0.1, 0.15) is 0 Å². The summed E-state index contributed by atoms with van der Waals surface area (Å²) in [6.07, 6.45) is 3.10. The first kappa shape index (κ1) is 9.08. The summed E-state index contributed by atoms with van der Waals surface area (Å²) < 4.78 is 0.800. The molecular weight excluding hydrogens is 246 g/mol. The molecule has 0 spiro atoms. The molecule has 70 valence electrons. The van der Waals surface area contributed by atoms with Crippen LogP contribution in [0.4, 0.5) is 0 Å². The van der Waals surface area contributed by atoms with Gasteiger partial charge in [-0.1, -0.05) is 0 Å². The van der Waals surface area contributed by atoms with Gasteiger partial charge in [0.2, 0.25) is 0 Å². The normalized spacial score (nSPS) is 10.1. The van der Waals surface area contributed by atoms with Crippen LogP contribution in [0.5, 0.6) is 0 Å². The standard InChI is InChI=1S/C9H6BrN3O/c10-6-2-1-4-11-8(6)9-12-5-3-7(14)13-9/h1-5H,(H,12,13,14). The van der Waals surface area contributed by atoms with Gasteiger partial charge >= 0.3 is 0 Å². The van der Waals surface area contributed by atoms with Crippen molar-refractivity contribution in [3.05, 3.63) is 45.4 Å². The van der Waals surface area contributed by atoms with Crippen LogP contribution in [-0.2, 0) is 0 Å². The smallest absolute Gasteiger partial charge is 0.251 e. The van der Waals surface area contributed by atoms with Crippen molar-refractivity contribution < 1.29 is 0 Å². The molecule has 0 aliphatic heterocycles. The van der Waals surface area contributed by atoms with Crippen LogP contribution in [0.25, 0.3) is 11.5 Å². The Hall–Kier alpha value is -1.49. The van der Waals surface area contributed by atoms with E-state index >= 15 is 0 Å². The zero-order valence-electron chi connectivity index (χ0n) is 7.07. The minimum absolute atomic E-state index is 0.187. The van der Waals surface area contributed by atoms with Gasteiger partial charge in [-0.25, -0.2) is 4.98 Å². The third-order valence-electron chi connectivity index (χ3n) is 1.65. The number of rotatable bonds is 1. The van der Waals surface area contributed by atoms with Gasteiger partial charge in [-0.3, -0.25) is 9.78 Å². The largest absolute Gasteiger partial charge is 0.305 e. The number of aromatic nitrogens is 3. The molecule has 0 saturated heterocycles. The Morgan fingerprint density at radius 1 is 1.21 bits per heavy atom. The lowest BCUT2D eigenvalue weighted by Gasteiger charge is -2.00. The summed E-state index contributed by atoms with van der Waals surface area (Å²) in [5.41, 5.74) is 0.442. The number of H-pyrrole nitrogens is 1. The fourth-order valence-electron chi connectivity index (χ4n) is 1.05. The third-order valence-corrected chi connectivity index (χ3v) is 2.29. The molecule has 0 aliphatic rings. The van der Waals surface area contributed by atoms with Gasteiger partial charge in [0.25, 0.3) is 5.56 Å². The first-order chi connectivity index (χ1) is 6.77. The van der Waals surface area contributed by atoms with Crippen LogP contribution in [0.15, 0.2) is 39.9 Å². The summed E-state index contributed by atoms with van der Waals surface area (Å²) >= 11 is 3.33. The summed E-state index contributed by atoms with van der Waals surface area (Å²) in [5.74, 6) is 0.463. The van der Waals surface area contributed by atoms with Crippen LogP contribution in [-0.4, -0.2) is 15.0 Å². The van der Waals surface area contributed by atoms with Gasteiger partial charge in [0.1, 0.15) is 5.69 Å². The molecule has 2 rings (SSSR count). The predicted molar refractivity (Wildman–Crippen MR) is 55.8 cm³/mol. The molecule has 1 N–H and O–H groups in total. The first-order valence-electron chi connectivity index (χ1n) is 3.93. The second kappa shape index (κ2) is 3.71. The van der Waals surface area contributed by atoms with E-state index in [2.05, 4.69) is 30.9 Å². The molecule has 0 atom stereocenters. The van der Waals surface area contributed by atoms with Gasteiger partial charge in [0, 0.05) is 22.9 Å². The second-order valence-corrected chi connectivity index (χ2v) is 3.47. The molecule has 0 fully saturated rings. The molecule has 4 nitrogen and oxygen atoms in total. The minimum atomic E-state index is -0.187. The maximum absolute atomic E-state index is 11.0. The van der Waals surface area contributed by atoms with E-state index in [9.17, 15) is 4.79 Å². The lowest BCUT2D eigenvalue weighted by Crippen LogP contribution is -2.06. The maximum atomic E-state index is 11.0. The van der Waals surface area contributed by atoms with Gasteiger partial charge in [0.15, 0.2) is 5.82 Å². The fraction of sp³-hybridized carbons (Fsp3) is 0. The Morgan fingerprint density at radius 3 is 2.79 bits per heavy atom. The van der Waals surface area contributed by atoms with Crippen molar-refractivity contribution in [3.8, 4) is 11.5 Å². The highest BCUT2D eigenvalue weighted by Gasteiger charge is 2.04. The van der Waals surface area contributed by atoms with E-state index in [4.69, 9.17) is 0 Å². The molecule has 0 bridgehead atoms. The molecule has 0 radical (unpaired) electrons. The number of nitrogens with zero attached hydrogens (tertiary/aromatic N) is 2. The predicted octanol–water partition coefficient (Wildman–Crippen LogP) is 1.59. The Morgan fingerprint density at radius 2 is 2.07 bits per heavy atom. The number of hydrogen-bond donors (Lipinski definition) is 1. The molecule has 2 heterocycles. The molecule has 2 aromatic rings. The number of aromatic amines is 1. The summed E-state index contributed by atoms with van der Waals surface area (Å²) in [6.45, 7) is 0. The van der Waals surface area contributed by atoms with E-state index in [0.29, 0.717) is 11.5 Å². The van der Waals surface area contributed by atoms with E-state index in [0.717, 1.165) is 4.47 Å². The summed E-state index contributed by atoms with van der Waals surface area (Å²) in [5, 5.41) is 0. The molecule has 0 unspecified atom stereocenters. The quantitative estimate of drug-likeness (QED) is 0.838. The van der Waals surface area contributed by atoms with Crippen LogP contribution in [0.2, 0.25) is 0 Å². The van der Waals surface area contributed by atoms with Crippen molar-refractivity contribution >= 4 is 15.9 Å². The van der Waals surface area contributed by atoms with Gasteiger partial charge in [-0.05, 0) is 28.1 Å². The SMILES string of the molecule is O=c1ccnc(-c2ncccc2Br)[nH]1. The van der Waals surface area contributed by atoms with E-state index in [1.807, 2.05) is 6.07 Å². The van der Waals surface area contributed by atoms with E-state index in [1.165, 1.54) is 12.3 Å². The molecule has 0 saturated carbocycles. The molecule has 5 heteroatoms. The summed E-state index contributed by atoms with van der Waals surface area (Å²) in [4.78, 5) is 21.8. The zero-order valence-corrected chi connectivity index (χ0v) is 8.65. The van der Waals surface area contributed by atoms with Crippen molar-refractivity contribution in [2.75, 3.05) is 0 Å². The van der Waals surface area contributed by atoms with Crippen molar-refractivity contribution in [1.82, 2.24) is 15.0 Å². The second-order valence-electron chi connectivity index (χ2n) is 2.62. The minimum Gasteiger partial charge on any atom is -0.305 e. The Labute approximate surface area is 88.2 Å². The van der Waals surface area contributed by atoms with Crippen molar-refractivity contribution in [3.63, 3.8) is 0 Å². The lowest BCUT2D eigenvalue weighted by atomic mass is 10.3. The molecular formula is C9H6BrN3O. The van der Waals surface area contributed by atoms with Gasteiger partial charge in [-0.2, -0.15) is 0 Å². The van der Waals surface area contributed by atoms with Crippen LogP contribution in [0, 0.1) is 0 Å². The lowest BCUT2D eigenvalue weighted by molar-refractivity contribution is 1.10. The number of halogens is 1. The van der Waals surface area contributed by atoms with Crippen molar-refractivity contribution in [1.29, 1.82) is 0 Å². The highest BCUT2D eigenvalue weighted by atomic mass is 79.9. The Balaban J connectivity index is 2.61. The molecule has 0 amide bonds. The average molecular weight is 252 g/mol. The number of hydrogen-bond acceptors (Lipinski definition) is 3. The topological polar surface area (TPSA) is 58.6 Å². The summed E-state index contributed by atoms with van der Waals surface area (Å²) in [7, 11) is 0. The number of pyridine rings is 1. The molecule has 0 aromatic carbocycles. The molecule has 0 aliphatic carbocycles. The van der Waals surface area contributed by atoms with E-state index in [-0.39, 0.29) is 5.56 Å². The van der Waals surface area contributed by atoms with Crippen molar-refractivity contribution in [2.45, 2.75) is 0 Å². The van der Waals surface area contributed by atoms with Gasteiger partial charge in [-0.15, -0.1) is 0 Å². The molecule has 2 aromatic heterocycles. The Bertz CT molecular complexity index is 509. The zero-order chi connectivity index (χ0) is 9.97. The van der Waals surface area contributed by atoms with Crippen molar-refractivity contribution in [2.24, 2.45) is 0 Å². The first-order valence-corrected chi connectivity index (χ1v) is 4.73. The fourth-order valence-corrected chi connectivity index (χ4v) is 1.49. The highest BCUT2D eigenvalue weighted by Crippen LogP contribution is 2.20. The maximum Gasteiger partial charge on any atom is 0.251 e. The van der Waals surface area contributed by atoms with Gasteiger partial charge in [0.05, 0.1) is 0 Å². The van der Waals surface area contributed by atoms with Crippen LogP contribution in [0.3, 0.4) is 0 Å². The Kier molecular flexibility index (Phi) is 2.41. The van der Waals surface area contributed by atoms with E-state index < -0.39 is 0 Å². The average Bonchev–Trinajstić information content (AvgIpc) is 2.18. The third kappa shape index (κ3) is 1.72. The van der Waals surface area contributed by atoms with E-state index in [1.54, 1.807) is 12.3 Å². The van der Waals surface area contributed by atoms with Gasteiger partial charge < -0.3 is 4.98 Å². The summed E-state index contributed by atoms with van der Waals surface area (Å²) in [6, 6.07) is 5.00. The van der Waals surface area contributed by atoms with Crippen LogP contribution >= 0.6 is 15.9 Å². The highest BCUT2D eigenvalue weighted by molar-refractivity contribution is 9.10. The molecule has 14 heavy (non-hydrogen) atoms. The number of nitrogens with one attached hydrogen (secondary N) is 1. The monoisotopic (exact) mass is 251 g/mol.